The third kappa shape index (κ3) is 9.19. The van der Waals surface area contributed by atoms with Gasteiger partial charge in [0.1, 0.15) is 6.61 Å². The van der Waals surface area contributed by atoms with E-state index in [1.807, 2.05) is 18.2 Å². The van der Waals surface area contributed by atoms with Gasteiger partial charge in [0.2, 0.25) is 0 Å². The standard InChI is InChI=1S/C19H33N3O3/c1-3-4-5-6-7-8-11-21-19(20)22-15-16-9-10-17(25-13-12-23)18(14-16)24-2/h9-10,14,23H,3-8,11-13,15H2,1-2H3,(H3,20,21,22). The van der Waals surface area contributed by atoms with Crippen molar-refractivity contribution in [1.29, 1.82) is 0 Å². The Bertz CT molecular complexity index is 507. The number of guanidine groups is 1. The maximum absolute atomic E-state index is 8.83. The molecule has 6 heteroatoms. The van der Waals surface area contributed by atoms with Crippen LogP contribution in [0.1, 0.15) is 51.0 Å². The van der Waals surface area contributed by atoms with Gasteiger partial charge in [0.25, 0.3) is 0 Å². The van der Waals surface area contributed by atoms with E-state index in [0.717, 1.165) is 18.5 Å². The van der Waals surface area contributed by atoms with Crippen molar-refractivity contribution in [3.63, 3.8) is 0 Å². The first-order chi connectivity index (χ1) is 12.2. The average Bonchev–Trinajstić information content (AvgIpc) is 2.64. The largest absolute Gasteiger partial charge is 0.493 e. The monoisotopic (exact) mass is 351 g/mol. The third-order valence-corrected chi connectivity index (χ3v) is 3.85. The minimum Gasteiger partial charge on any atom is -0.493 e. The zero-order chi connectivity index (χ0) is 18.3. The quantitative estimate of drug-likeness (QED) is 0.289. The molecule has 1 aromatic carbocycles. The molecule has 0 aromatic heterocycles. The van der Waals surface area contributed by atoms with Crippen LogP contribution in [0.2, 0.25) is 0 Å². The number of aliphatic hydroxyl groups excluding tert-OH is 1. The number of aliphatic hydroxyl groups is 1. The summed E-state index contributed by atoms with van der Waals surface area (Å²) in [6.45, 7) is 3.77. The van der Waals surface area contributed by atoms with Crippen LogP contribution in [0.4, 0.5) is 0 Å². The van der Waals surface area contributed by atoms with Gasteiger partial charge in [-0.3, -0.25) is 0 Å². The Morgan fingerprint density at radius 2 is 1.92 bits per heavy atom. The number of hydrogen-bond acceptors (Lipinski definition) is 4. The molecule has 25 heavy (non-hydrogen) atoms. The predicted molar refractivity (Wildman–Crippen MR) is 102 cm³/mol. The smallest absolute Gasteiger partial charge is 0.188 e. The van der Waals surface area contributed by atoms with Crippen LogP contribution in [0.25, 0.3) is 0 Å². The lowest BCUT2D eigenvalue weighted by atomic mass is 10.1. The van der Waals surface area contributed by atoms with Gasteiger partial charge in [-0.15, -0.1) is 0 Å². The fraction of sp³-hybridized carbons (Fsp3) is 0.632. The van der Waals surface area contributed by atoms with Crippen molar-refractivity contribution < 1.29 is 14.6 Å². The minimum atomic E-state index is -0.0317. The van der Waals surface area contributed by atoms with Crippen LogP contribution in [0, 0.1) is 0 Å². The van der Waals surface area contributed by atoms with E-state index in [-0.39, 0.29) is 13.2 Å². The van der Waals surface area contributed by atoms with Gasteiger partial charge in [-0.2, -0.15) is 0 Å². The normalized spacial score (nSPS) is 11.4. The van der Waals surface area contributed by atoms with Gasteiger partial charge in [-0.1, -0.05) is 45.1 Å². The van der Waals surface area contributed by atoms with Gasteiger partial charge in [0, 0.05) is 6.54 Å². The molecule has 0 aliphatic carbocycles. The molecule has 0 fully saturated rings. The zero-order valence-corrected chi connectivity index (χ0v) is 15.6. The van der Waals surface area contributed by atoms with E-state index in [9.17, 15) is 0 Å². The molecule has 0 bridgehead atoms. The molecule has 0 saturated heterocycles. The van der Waals surface area contributed by atoms with E-state index < -0.39 is 0 Å². The first kappa shape index (κ1) is 21.1. The molecule has 0 radical (unpaired) electrons. The van der Waals surface area contributed by atoms with E-state index in [1.54, 1.807) is 7.11 Å². The molecule has 0 unspecified atom stereocenters. The van der Waals surface area contributed by atoms with Crippen LogP contribution in [-0.2, 0) is 6.54 Å². The zero-order valence-electron chi connectivity index (χ0n) is 15.6. The molecular weight excluding hydrogens is 318 g/mol. The summed E-state index contributed by atoms with van der Waals surface area (Å²) in [4.78, 5) is 4.36. The van der Waals surface area contributed by atoms with E-state index in [2.05, 4.69) is 17.2 Å². The van der Waals surface area contributed by atoms with Gasteiger partial charge in [0.05, 0.1) is 20.3 Å². The molecule has 6 nitrogen and oxygen atoms in total. The molecule has 0 heterocycles. The van der Waals surface area contributed by atoms with Gasteiger partial charge in [-0.25, -0.2) is 4.99 Å². The lowest BCUT2D eigenvalue weighted by Crippen LogP contribution is -2.32. The number of aliphatic imine (C=N–C) groups is 1. The minimum absolute atomic E-state index is 0.0317. The molecule has 0 spiro atoms. The summed E-state index contributed by atoms with van der Waals surface area (Å²) in [7, 11) is 1.59. The molecule has 0 amide bonds. The second-order valence-corrected chi connectivity index (χ2v) is 5.95. The van der Waals surface area contributed by atoms with Crippen molar-refractivity contribution in [1.82, 2.24) is 5.32 Å². The number of ether oxygens (including phenoxy) is 2. The molecule has 4 N–H and O–H groups in total. The number of rotatable bonds is 13. The predicted octanol–water partition coefficient (Wildman–Crippen LogP) is 2.83. The van der Waals surface area contributed by atoms with Gasteiger partial charge in [-0.05, 0) is 24.1 Å². The van der Waals surface area contributed by atoms with Crippen LogP contribution in [0.3, 0.4) is 0 Å². The highest BCUT2D eigenvalue weighted by Crippen LogP contribution is 2.28. The SMILES string of the molecule is CCCCCCCCNC(N)=NCc1ccc(OCCO)c(OC)c1. The molecule has 1 rings (SSSR count). The molecular formula is C19H33N3O3. The number of nitrogens with two attached hydrogens (primary N) is 1. The summed E-state index contributed by atoms with van der Waals surface area (Å²) in [5.74, 6) is 1.70. The Hall–Kier alpha value is -1.95. The van der Waals surface area contributed by atoms with Gasteiger partial charge >= 0.3 is 0 Å². The summed E-state index contributed by atoms with van der Waals surface area (Å²) in [5, 5.41) is 12.0. The fourth-order valence-electron chi connectivity index (χ4n) is 2.44. The number of nitrogens with zero attached hydrogens (tertiary/aromatic N) is 1. The van der Waals surface area contributed by atoms with E-state index in [1.165, 1.54) is 32.1 Å². The summed E-state index contributed by atoms with van der Waals surface area (Å²) in [6, 6.07) is 5.61. The first-order valence-electron chi connectivity index (χ1n) is 9.15. The summed E-state index contributed by atoms with van der Waals surface area (Å²) >= 11 is 0. The average molecular weight is 351 g/mol. The Kier molecular flexibility index (Phi) is 11.3. The topological polar surface area (TPSA) is 89.1 Å². The summed E-state index contributed by atoms with van der Waals surface area (Å²) in [5.41, 5.74) is 6.89. The highest BCUT2D eigenvalue weighted by molar-refractivity contribution is 5.77. The van der Waals surface area contributed by atoms with E-state index in [0.29, 0.717) is 24.0 Å². The van der Waals surface area contributed by atoms with Gasteiger partial charge < -0.3 is 25.6 Å². The number of hydrogen-bond donors (Lipinski definition) is 3. The molecule has 0 saturated carbocycles. The Labute approximate surface area is 151 Å². The molecule has 1 aromatic rings. The van der Waals surface area contributed by atoms with Crippen molar-refractivity contribution in [2.45, 2.75) is 52.0 Å². The lowest BCUT2D eigenvalue weighted by Gasteiger charge is -2.11. The Morgan fingerprint density at radius 3 is 2.64 bits per heavy atom. The Balaban J connectivity index is 2.35. The number of unbranched alkanes of at least 4 members (excludes halogenated alkanes) is 5. The second-order valence-electron chi connectivity index (χ2n) is 5.95. The maximum Gasteiger partial charge on any atom is 0.188 e. The van der Waals surface area contributed by atoms with Crippen LogP contribution in [0.15, 0.2) is 23.2 Å². The number of nitrogens with one attached hydrogen (secondary N) is 1. The van der Waals surface area contributed by atoms with Gasteiger partial charge in [0.15, 0.2) is 17.5 Å². The molecule has 142 valence electrons. The molecule has 0 aliphatic heterocycles. The highest BCUT2D eigenvalue weighted by Gasteiger charge is 2.05. The lowest BCUT2D eigenvalue weighted by molar-refractivity contribution is 0.196. The molecule has 0 atom stereocenters. The van der Waals surface area contributed by atoms with E-state index in [4.69, 9.17) is 20.3 Å². The maximum atomic E-state index is 8.83. The van der Waals surface area contributed by atoms with Crippen molar-refractivity contribution >= 4 is 5.96 Å². The van der Waals surface area contributed by atoms with Crippen LogP contribution >= 0.6 is 0 Å². The summed E-state index contributed by atoms with van der Waals surface area (Å²) in [6.07, 6.45) is 7.55. The van der Waals surface area contributed by atoms with E-state index >= 15 is 0 Å². The number of methoxy groups -OCH3 is 1. The molecule has 0 aliphatic rings. The van der Waals surface area contributed by atoms with Crippen molar-refractivity contribution in [2.75, 3.05) is 26.9 Å². The van der Waals surface area contributed by atoms with Crippen LogP contribution in [-0.4, -0.2) is 37.9 Å². The number of benzene rings is 1. The summed E-state index contributed by atoms with van der Waals surface area (Å²) < 4.78 is 10.7. The van der Waals surface area contributed by atoms with Crippen LogP contribution in [0.5, 0.6) is 11.5 Å². The van der Waals surface area contributed by atoms with Crippen molar-refractivity contribution in [3.05, 3.63) is 23.8 Å². The first-order valence-corrected chi connectivity index (χ1v) is 9.15. The third-order valence-electron chi connectivity index (χ3n) is 3.85. The van der Waals surface area contributed by atoms with Crippen LogP contribution < -0.4 is 20.5 Å². The highest BCUT2D eigenvalue weighted by atomic mass is 16.5. The van der Waals surface area contributed by atoms with Crippen molar-refractivity contribution in [2.24, 2.45) is 10.7 Å². The second kappa shape index (κ2) is 13.4. The van der Waals surface area contributed by atoms with Crippen molar-refractivity contribution in [3.8, 4) is 11.5 Å². The Morgan fingerprint density at radius 1 is 1.16 bits per heavy atom. The fourth-order valence-corrected chi connectivity index (χ4v) is 2.44.